The van der Waals surface area contributed by atoms with Gasteiger partial charge in [-0.2, -0.15) is 0 Å². The number of aromatic amines is 2. The van der Waals surface area contributed by atoms with Gasteiger partial charge in [-0.15, -0.1) is 0 Å². The summed E-state index contributed by atoms with van der Waals surface area (Å²) in [5.41, 5.74) is 4.26. The van der Waals surface area contributed by atoms with Crippen LogP contribution in [-0.4, -0.2) is 15.7 Å². The lowest BCUT2D eigenvalue weighted by atomic mass is 10.2. The second-order valence-electron chi connectivity index (χ2n) is 4.92. The Bertz CT molecular complexity index is 785. The molecule has 0 atom stereocenters. The SMILES string of the molecule is N=C(c1cc2ccccc2[nH]1)c1cc2ccccc2[nH]1. The van der Waals surface area contributed by atoms with Crippen molar-refractivity contribution in [2.24, 2.45) is 0 Å². The van der Waals surface area contributed by atoms with Crippen LogP contribution in [-0.2, 0) is 0 Å². The van der Waals surface area contributed by atoms with Crippen LogP contribution in [0.25, 0.3) is 21.8 Å². The molecule has 3 N–H and O–H groups in total. The molecule has 0 spiro atoms. The first-order valence-electron chi connectivity index (χ1n) is 6.56. The average Bonchev–Trinajstić information content (AvgIpc) is 3.10. The first kappa shape index (κ1) is 11.1. The maximum Gasteiger partial charge on any atom is 0.101 e. The van der Waals surface area contributed by atoms with Crippen molar-refractivity contribution in [2.45, 2.75) is 0 Å². The molecule has 0 aliphatic carbocycles. The van der Waals surface area contributed by atoms with Crippen LogP contribution < -0.4 is 0 Å². The minimum absolute atomic E-state index is 0.484. The van der Waals surface area contributed by atoms with Crippen molar-refractivity contribution >= 4 is 27.5 Å². The van der Waals surface area contributed by atoms with E-state index >= 15 is 0 Å². The largest absolute Gasteiger partial charge is 0.353 e. The predicted octanol–water partition coefficient (Wildman–Crippen LogP) is 4.07. The van der Waals surface area contributed by atoms with Gasteiger partial charge in [0.15, 0.2) is 0 Å². The smallest absolute Gasteiger partial charge is 0.101 e. The van der Waals surface area contributed by atoms with Crippen molar-refractivity contribution in [3.63, 3.8) is 0 Å². The Morgan fingerprint density at radius 3 is 1.60 bits per heavy atom. The number of para-hydroxylation sites is 2. The van der Waals surface area contributed by atoms with Crippen LogP contribution >= 0.6 is 0 Å². The second kappa shape index (κ2) is 4.10. The van der Waals surface area contributed by atoms with Crippen LogP contribution in [0.4, 0.5) is 0 Å². The van der Waals surface area contributed by atoms with Gasteiger partial charge in [-0.05, 0) is 24.3 Å². The topological polar surface area (TPSA) is 55.4 Å². The molecule has 0 bridgehead atoms. The summed E-state index contributed by atoms with van der Waals surface area (Å²) in [6.45, 7) is 0. The minimum Gasteiger partial charge on any atom is -0.353 e. The molecule has 2 aromatic heterocycles. The maximum absolute atomic E-state index is 8.37. The van der Waals surface area contributed by atoms with Crippen LogP contribution in [0.2, 0.25) is 0 Å². The van der Waals surface area contributed by atoms with Crippen LogP contribution in [0, 0.1) is 5.41 Å². The number of hydrogen-bond donors (Lipinski definition) is 3. The Labute approximate surface area is 115 Å². The Balaban J connectivity index is 1.82. The summed E-state index contributed by atoms with van der Waals surface area (Å²) in [5.74, 6) is 0. The number of hydrogen-bond acceptors (Lipinski definition) is 1. The summed E-state index contributed by atoms with van der Waals surface area (Å²) >= 11 is 0. The van der Waals surface area contributed by atoms with Crippen LogP contribution in [0.5, 0.6) is 0 Å². The van der Waals surface area contributed by atoms with Crippen LogP contribution in [0.3, 0.4) is 0 Å². The molecule has 20 heavy (non-hydrogen) atoms. The lowest BCUT2D eigenvalue weighted by Gasteiger charge is -1.97. The van der Waals surface area contributed by atoms with Crippen molar-refractivity contribution in [1.82, 2.24) is 9.97 Å². The van der Waals surface area contributed by atoms with Gasteiger partial charge in [0.2, 0.25) is 0 Å². The van der Waals surface area contributed by atoms with E-state index in [1.807, 2.05) is 60.7 Å². The quantitative estimate of drug-likeness (QED) is 0.455. The van der Waals surface area contributed by atoms with E-state index in [1.54, 1.807) is 0 Å². The zero-order valence-electron chi connectivity index (χ0n) is 10.8. The summed E-state index contributed by atoms with van der Waals surface area (Å²) < 4.78 is 0. The van der Waals surface area contributed by atoms with E-state index < -0.39 is 0 Å². The molecule has 0 aliphatic heterocycles. The summed E-state index contributed by atoms with van der Waals surface area (Å²) in [6.07, 6.45) is 0. The fourth-order valence-electron chi connectivity index (χ4n) is 2.56. The Hall–Kier alpha value is -2.81. The normalized spacial score (nSPS) is 11.2. The average molecular weight is 259 g/mol. The summed E-state index contributed by atoms with van der Waals surface area (Å²) in [6, 6.07) is 20.2. The molecule has 2 heterocycles. The molecule has 0 fully saturated rings. The molecule has 96 valence electrons. The van der Waals surface area contributed by atoms with E-state index in [0.717, 1.165) is 33.2 Å². The number of H-pyrrole nitrogens is 2. The highest BCUT2D eigenvalue weighted by molar-refractivity contribution is 6.12. The van der Waals surface area contributed by atoms with Crippen LogP contribution in [0.15, 0.2) is 60.7 Å². The molecule has 0 saturated heterocycles. The number of rotatable bonds is 2. The van der Waals surface area contributed by atoms with E-state index in [2.05, 4.69) is 9.97 Å². The van der Waals surface area contributed by atoms with E-state index in [4.69, 9.17) is 5.41 Å². The third-order valence-corrected chi connectivity index (χ3v) is 3.60. The van der Waals surface area contributed by atoms with E-state index in [0.29, 0.717) is 5.71 Å². The van der Waals surface area contributed by atoms with E-state index in [1.165, 1.54) is 0 Å². The highest BCUT2D eigenvalue weighted by Gasteiger charge is 2.10. The third kappa shape index (κ3) is 1.64. The molecule has 0 aliphatic rings. The van der Waals surface area contributed by atoms with Gasteiger partial charge in [0.25, 0.3) is 0 Å². The number of aromatic nitrogens is 2. The molecule has 3 nitrogen and oxygen atoms in total. The molecule has 4 rings (SSSR count). The zero-order valence-corrected chi connectivity index (χ0v) is 10.8. The van der Waals surface area contributed by atoms with Gasteiger partial charge in [-0.25, -0.2) is 0 Å². The molecule has 0 saturated carbocycles. The standard InChI is InChI=1S/C17H13N3/c18-17(15-9-11-5-1-3-7-13(11)19-15)16-10-12-6-2-4-8-14(12)20-16/h1-10,18-20H. The minimum atomic E-state index is 0.484. The Morgan fingerprint density at radius 1 is 0.700 bits per heavy atom. The van der Waals surface area contributed by atoms with Gasteiger partial charge >= 0.3 is 0 Å². The van der Waals surface area contributed by atoms with Crippen molar-refractivity contribution in [1.29, 1.82) is 5.41 Å². The molecule has 0 amide bonds. The predicted molar refractivity (Wildman–Crippen MR) is 82.5 cm³/mol. The molecular weight excluding hydrogens is 246 g/mol. The number of benzene rings is 2. The van der Waals surface area contributed by atoms with Crippen LogP contribution in [0.1, 0.15) is 11.4 Å². The summed E-state index contributed by atoms with van der Waals surface area (Å²) in [7, 11) is 0. The highest BCUT2D eigenvalue weighted by Crippen LogP contribution is 2.20. The molecule has 2 aromatic carbocycles. The van der Waals surface area contributed by atoms with Gasteiger partial charge in [0.1, 0.15) is 5.71 Å². The van der Waals surface area contributed by atoms with Gasteiger partial charge in [-0.1, -0.05) is 36.4 Å². The van der Waals surface area contributed by atoms with Crippen molar-refractivity contribution in [2.75, 3.05) is 0 Å². The Morgan fingerprint density at radius 2 is 1.15 bits per heavy atom. The third-order valence-electron chi connectivity index (χ3n) is 3.60. The number of nitrogens with one attached hydrogen (secondary N) is 3. The molecule has 0 radical (unpaired) electrons. The Kier molecular flexibility index (Phi) is 2.27. The fraction of sp³-hybridized carbons (Fsp3) is 0. The van der Waals surface area contributed by atoms with Gasteiger partial charge in [0.05, 0.1) is 11.4 Å². The summed E-state index contributed by atoms with van der Waals surface area (Å²) in [5, 5.41) is 10.6. The zero-order chi connectivity index (χ0) is 13.5. The maximum atomic E-state index is 8.37. The first-order chi connectivity index (χ1) is 9.81. The van der Waals surface area contributed by atoms with Gasteiger partial charge in [-0.3, -0.25) is 5.41 Å². The lowest BCUT2D eigenvalue weighted by molar-refractivity contribution is 1.32. The van der Waals surface area contributed by atoms with Gasteiger partial charge in [0, 0.05) is 21.8 Å². The molecule has 3 heteroatoms. The highest BCUT2D eigenvalue weighted by atomic mass is 14.8. The van der Waals surface area contributed by atoms with E-state index in [9.17, 15) is 0 Å². The van der Waals surface area contributed by atoms with Crippen molar-refractivity contribution < 1.29 is 0 Å². The first-order valence-corrected chi connectivity index (χ1v) is 6.56. The molecule has 4 aromatic rings. The van der Waals surface area contributed by atoms with Crippen molar-refractivity contribution in [3.05, 3.63) is 72.1 Å². The molecule has 0 unspecified atom stereocenters. The number of fused-ring (bicyclic) bond motifs is 2. The monoisotopic (exact) mass is 259 g/mol. The van der Waals surface area contributed by atoms with E-state index in [-0.39, 0.29) is 0 Å². The summed E-state index contributed by atoms with van der Waals surface area (Å²) in [4.78, 5) is 6.59. The lowest BCUT2D eigenvalue weighted by Crippen LogP contribution is -2.01. The second-order valence-corrected chi connectivity index (χ2v) is 4.92. The molecular formula is C17H13N3. The van der Waals surface area contributed by atoms with Crippen molar-refractivity contribution in [3.8, 4) is 0 Å². The fourth-order valence-corrected chi connectivity index (χ4v) is 2.56. The van der Waals surface area contributed by atoms with Gasteiger partial charge < -0.3 is 9.97 Å².